The highest BCUT2D eigenvalue weighted by Crippen LogP contribution is 2.32. The number of nitrogens with zero attached hydrogens (tertiary/aromatic N) is 2. The molecule has 0 spiro atoms. The first-order chi connectivity index (χ1) is 18.3. The van der Waals surface area contributed by atoms with Gasteiger partial charge in [-0.3, -0.25) is 4.79 Å². The number of anilines is 2. The summed E-state index contributed by atoms with van der Waals surface area (Å²) < 4.78 is 0. The van der Waals surface area contributed by atoms with E-state index in [2.05, 4.69) is 41.1 Å². The van der Waals surface area contributed by atoms with Gasteiger partial charge in [0.25, 0.3) is 0 Å². The van der Waals surface area contributed by atoms with Crippen molar-refractivity contribution >= 4 is 28.9 Å². The number of aromatic carboxylic acids is 1. The third kappa shape index (κ3) is 6.15. The van der Waals surface area contributed by atoms with Crippen molar-refractivity contribution in [3.63, 3.8) is 0 Å². The number of carbonyl (C=O) groups is 2. The Morgan fingerprint density at radius 3 is 2.26 bits per heavy atom. The number of carbonyl (C=O) groups excluding carboxylic acids is 1. The number of hydrogen-bond donors (Lipinski definition) is 4. The van der Waals surface area contributed by atoms with Gasteiger partial charge in [-0.05, 0) is 66.8 Å². The Morgan fingerprint density at radius 2 is 1.71 bits per heavy atom. The number of piperidine rings is 1. The molecule has 0 atom stereocenters. The highest BCUT2D eigenvalue weighted by Gasteiger charge is 2.22. The highest BCUT2D eigenvalue weighted by molar-refractivity contribution is 5.96. The van der Waals surface area contributed by atoms with Crippen molar-refractivity contribution in [1.29, 1.82) is 0 Å². The van der Waals surface area contributed by atoms with Gasteiger partial charge >= 0.3 is 5.97 Å². The third-order valence-electron chi connectivity index (χ3n) is 7.04. The lowest BCUT2D eigenvalue weighted by Crippen LogP contribution is -2.36. The van der Waals surface area contributed by atoms with Crippen molar-refractivity contribution in [2.24, 2.45) is 5.73 Å². The van der Waals surface area contributed by atoms with E-state index in [9.17, 15) is 19.8 Å². The molecule has 0 radical (unpaired) electrons. The molecule has 8 nitrogen and oxygen atoms in total. The standard InChI is InChI=1S/C30H34N4O4/c1-20(31)22-7-9-25(10-8-22)33-15-13-24(14-16-33)23-5-3-21(4-6-23)19-34(29(36)18-32-2)26-11-12-27(30(37)38)28(35)17-26/h3-12,17,24,32,35H,1,13-16,18-19,31H2,2H3,(H,37,38). The van der Waals surface area contributed by atoms with Crippen LogP contribution in [0.15, 0.2) is 73.3 Å². The lowest BCUT2D eigenvalue weighted by Gasteiger charge is -2.34. The molecule has 0 aliphatic carbocycles. The summed E-state index contributed by atoms with van der Waals surface area (Å²) in [6.07, 6.45) is 2.10. The van der Waals surface area contributed by atoms with Crippen LogP contribution in [-0.2, 0) is 11.3 Å². The minimum atomic E-state index is -1.22. The second kappa shape index (κ2) is 11.8. The second-order valence-electron chi connectivity index (χ2n) is 9.59. The Balaban J connectivity index is 1.42. The fourth-order valence-corrected chi connectivity index (χ4v) is 4.87. The van der Waals surface area contributed by atoms with Gasteiger partial charge in [-0.15, -0.1) is 0 Å². The van der Waals surface area contributed by atoms with Crippen LogP contribution in [0.3, 0.4) is 0 Å². The molecular formula is C30H34N4O4. The summed E-state index contributed by atoms with van der Waals surface area (Å²) in [5.41, 5.74) is 10.9. The molecule has 38 heavy (non-hydrogen) atoms. The Kier molecular flexibility index (Phi) is 8.33. The van der Waals surface area contributed by atoms with Crippen LogP contribution >= 0.6 is 0 Å². The lowest BCUT2D eigenvalue weighted by atomic mass is 9.88. The van der Waals surface area contributed by atoms with E-state index < -0.39 is 5.97 Å². The van der Waals surface area contributed by atoms with Crippen LogP contribution in [0.1, 0.15) is 45.8 Å². The predicted octanol–water partition coefficient (Wildman–Crippen LogP) is 4.16. The maximum Gasteiger partial charge on any atom is 0.339 e. The maximum atomic E-state index is 12.8. The molecule has 1 aliphatic rings. The average Bonchev–Trinajstić information content (AvgIpc) is 2.92. The van der Waals surface area contributed by atoms with Gasteiger partial charge in [-0.1, -0.05) is 43.0 Å². The molecule has 0 bridgehead atoms. The summed E-state index contributed by atoms with van der Waals surface area (Å²) in [5.74, 6) is -1.32. The van der Waals surface area contributed by atoms with E-state index >= 15 is 0 Å². The predicted molar refractivity (Wildman–Crippen MR) is 150 cm³/mol. The molecule has 1 heterocycles. The van der Waals surface area contributed by atoms with E-state index in [1.807, 2.05) is 24.3 Å². The first-order valence-corrected chi connectivity index (χ1v) is 12.7. The number of nitrogens with two attached hydrogens (primary N) is 1. The normalized spacial score (nSPS) is 13.8. The van der Waals surface area contributed by atoms with Crippen LogP contribution in [0.2, 0.25) is 0 Å². The van der Waals surface area contributed by atoms with E-state index in [4.69, 9.17) is 5.73 Å². The van der Waals surface area contributed by atoms with Gasteiger partial charge < -0.3 is 31.1 Å². The quantitative estimate of drug-likeness (QED) is 0.339. The van der Waals surface area contributed by atoms with Crippen molar-refractivity contribution in [1.82, 2.24) is 5.32 Å². The topological polar surface area (TPSA) is 119 Å². The molecule has 8 heteroatoms. The summed E-state index contributed by atoms with van der Waals surface area (Å²) in [4.78, 5) is 28.0. The van der Waals surface area contributed by atoms with Crippen molar-refractivity contribution in [2.45, 2.75) is 25.3 Å². The minimum absolute atomic E-state index is 0.113. The number of carboxylic acid groups (broad SMARTS) is 1. The first kappa shape index (κ1) is 26.8. The molecule has 1 fully saturated rings. The van der Waals surface area contributed by atoms with Crippen LogP contribution in [0.5, 0.6) is 5.75 Å². The Bertz CT molecular complexity index is 1300. The van der Waals surface area contributed by atoms with Crippen LogP contribution in [0.4, 0.5) is 11.4 Å². The molecule has 0 unspecified atom stereocenters. The summed E-state index contributed by atoms with van der Waals surface area (Å²) in [7, 11) is 1.69. The number of carboxylic acids is 1. The minimum Gasteiger partial charge on any atom is -0.507 e. The van der Waals surface area contributed by atoms with Gasteiger partial charge in [-0.25, -0.2) is 4.79 Å². The van der Waals surface area contributed by atoms with Gasteiger partial charge in [-0.2, -0.15) is 0 Å². The van der Waals surface area contributed by atoms with Crippen molar-refractivity contribution in [3.8, 4) is 5.75 Å². The maximum absolute atomic E-state index is 12.8. The van der Waals surface area contributed by atoms with Crippen LogP contribution in [0.25, 0.3) is 5.70 Å². The molecule has 4 rings (SSSR count). The van der Waals surface area contributed by atoms with Gasteiger partial charge in [0.15, 0.2) is 0 Å². The number of amides is 1. The van der Waals surface area contributed by atoms with Crippen LogP contribution in [0, 0.1) is 0 Å². The molecule has 5 N–H and O–H groups in total. The van der Waals surface area contributed by atoms with Crippen LogP contribution < -0.4 is 20.9 Å². The van der Waals surface area contributed by atoms with Gasteiger partial charge in [0, 0.05) is 36.2 Å². The summed E-state index contributed by atoms with van der Waals surface area (Å²) in [6.45, 7) is 6.14. The molecule has 0 saturated carbocycles. The Morgan fingerprint density at radius 1 is 1.05 bits per heavy atom. The van der Waals surface area contributed by atoms with Crippen molar-refractivity contribution in [2.75, 3.05) is 36.5 Å². The molecule has 198 valence electrons. The van der Waals surface area contributed by atoms with Crippen LogP contribution in [-0.4, -0.2) is 48.8 Å². The molecule has 1 aliphatic heterocycles. The van der Waals surface area contributed by atoms with Crippen molar-refractivity contribution in [3.05, 3.63) is 95.6 Å². The molecule has 3 aromatic carbocycles. The van der Waals surface area contributed by atoms with Gasteiger partial charge in [0.1, 0.15) is 11.3 Å². The fourth-order valence-electron chi connectivity index (χ4n) is 4.87. The van der Waals surface area contributed by atoms with E-state index in [-0.39, 0.29) is 23.8 Å². The SMILES string of the molecule is C=C(N)c1ccc(N2CCC(c3ccc(CN(C(=O)CNC)c4ccc(C(=O)O)c(O)c4)cc3)CC2)cc1. The zero-order valence-electron chi connectivity index (χ0n) is 21.6. The largest absolute Gasteiger partial charge is 0.507 e. The Hall–Kier alpha value is -4.30. The summed E-state index contributed by atoms with van der Waals surface area (Å²) in [6, 6.07) is 20.7. The van der Waals surface area contributed by atoms with E-state index in [0.717, 1.165) is 37.1 Å². The number of hydrogen-bond acceptors (Lipinski definition) is 6. The van der Waals surface area contributed by atoms with Crippen molar-refractivity contribution < 1.29 is 19.8 Å². The number of rotatable bonds is 9. The highest BCUT2D eigenvalue weighted by atomic mass is 16.4. The smallest absolute Gasteiger partial charge is 0.339 e. The zero-order chi connectivity index (χ0) is 27.2. The molecule has 1 saturated heterocycles. The molecular weight excluding hydrogens is 480 g/mol. The number of aromatic hydroxyl groups is 1. The molecule has 0 aromatic heterocycles. The summed E-state index contributed by atoms with van der Waals surface area (Å²) >= 11 is 0. The number of phenols is 1. The number of likely N-dealkylation sites (N-methyl/N-ethyl adjacent to an activating group) is 1. The first-order valence-electron chi connectivity index (χ1n) is 12.7. The average molecular weight is 515 g/mol. The number of nitrogens with one attached hydrogen (secondary N) is 1. The monoisotopic (exact) mass is 514 g/mol. The molecule has 1 amide bonds. The Labute approximate surface area is 223 Å². The summed E-state index contributed by atoms with van der Waals surface area (Å²) in [5, 5.41) is 22.2. The third-order valence-corrected chi connectivity index (χ3v) is 7.04. The van der Waals surface area contributed by atoms with E-state index in [0.29, 0.717) is 23.8 Å². The molecule has 3 aromatic rings. The van der Waals surface area contributed by atoms with E-state index in [1.54, 1.807) is 18.0 Å². The van der Waals surface area contributed by atoms with Gasteiger partial charge in [0.05, 0.1) is 13.1 Å². The fraction of sp³-hybridized carbons (Fsp3) is 0.267. The van der Waals surface area contributed by atoms with E-state index in [1.165, 1.54) is 23.4 Å². The second-order valence-corrected chi connectivity index (χ2v) is 9.59. The zero-order valence-corrected chi connectivity index (χ0v) is 21.6. The number of benzene rings is 3. The lowest BCUT2D eigenvalue weighted by molar-refractivity contribution is -0.117. The van der Waals surface area contributed by atoms with Gasteiger partial charge in [0.2, 0.25) is 5.91 Å².